The number of nitrogens with zero attached hydrogens (tertiary/aromatic N) is 3. The molecule has 7 heteroatoms. The molecule has 0 saturated carbocycles. The van der Waals surface area contributed by atoms with Crippen LogP contribution in [-0.4, -0.2) is 54.6 Å². The van der Waals surface area contributed by atoms with Crippen LogP contribution in [0.5, 0.6) is 0 Å². The highest BCUT2D eigenvalue weighted by molar-refractivity contribution is 7.13. The van der Waals surface area contributed by atoms with Crippen LogP contribution in [0.2, 0.25) is 5.02 Å². The Morgan fingerprint density at radius 1 is 1.19 bits per heavy atom. The molecule has 3 rings (SSSR count). The van der Waals surface area contributed by atoms with E-state index in [2.05, 4.69) is 26.4 Å². The van der Waals surface area contributed by atoms with Crippen molar-refractivity contribution >= 4 is 35.1 Å². The van der Waals surface area contributed by atoms with Gasteiger partial charge in [-0.25, -0.2) is 5.43 Å². The molecule has 0 bridgehead atoms. The Bertz CT molecular complexity index is 768. The monoisotopic (exact) mass is 390 g/mol. The minimum Gasteiger partial charge on any atom is -0.296 e. The standard InChI is InChI=1S/C19H23ClN4OS/c1-15-6-7-17(26-15)12-21-22-19(25)14-24-10-8-23(9-11-24)13-16-4-2-3-5-18(16)20/h2-7,12H,8-11,13-14H2,1H3,(H,22,25)/b21-12+. The van der Waals surface area contributed by atoms with E-state index in [0.717, 1.165) is 48.2 Å². The molecule has 0 unspecified atom stereocenters. The fraction of sp³-hybridized carbons (Fsp3) is 0.368. The van der Waals surface area contributed by atoms with Gasteiger partial charge in [-0.05, 0) is 30.7 Å². The Morgan fingerprint density at radius 3 is 2.62 bits per heavy atom. The molecule has 2 heterocycles. The smallest absolute Gasteiger partial charge is 0.254 e. The Balaban J connectivity index is 1.39. The highest BCUT2D eigenvalue weighted by Gasteiger charge is 2.19. The highest BCUT2D eigenvalue weighted by atomic mass is 35.5. The van der Waals surface area contributed by atoms with Crippen molar-refractivity contribution in [3.05, 3.63) is 56.7 Å². The van der Waals surface area contributed by atoms with Crippen molar-refractivity contribution in [1.29, 1.82) is 0 Å². The van der Waals surface area contributed by atoms with Crippen LogP contribution in [0.1, 0.15) is 15.3 Å². The number of hydrogen-bond donors (Lipinski definition) is 1. The zero-order valence-electron chi connectivity index (χ0n) is 14.8. The molecular formula is C19H23ClN4OS. The van der Waals surface area contributed by atoms with Gasteiger partial charge in [0.15, 0.2) is 0 Å². The number of halogens is 1. The lowest BCUT2D eigenvalue weighted by atomic mass is 10.2. The van der Waals surface area contributed by atoms with Crippen molar-refractivity contribution in [2.24, 2.45) is 5.10 Å². The van der Waals surface area contributed by atoms with E-state index in [0.29, 0.717) is 6.54 Å². The molecule has 26 heavy (non-hydrogen) atoms. The second-order valence-corrected chi connectivity index (χ2v) is 8.11. The second kappa shape index (κ2) is 9.28. The van der Waals surface area contributed by atoms with Crippen molar-refractivity contribution in [1.82, 2.24) is 15.2 Å². The summed E-state index contributed by atoms with van der Waals surface area (Å²) < 4.78 is 0. The summed E-state index contributed by atoms with van der Waals surface area (Å²) in [5.41, 5.74) is 3.76. The molecule has 1 aromatic carbocycles. The SMILES string of the molecule is Cc1ccc(/C=N/NC(=O)CN2CCN(Cc3ccccc3Cl)CC2)s1. The number of aryl methyl sites for hydroxylation is 1. The second-order valence-electron chi connectivity index (χ2n) is 6.39. The Hall–Kier alpha value is -1.73. The van der Waals surface area contributed by atoms with E-state index >= 15 is 0 Å². The lowest BCUT2D eigenvalue weighted by molar-refractivity contribution is -0.122. The predicted octanol–water partition coefficient (Wildman–Crippen LogP) is 2.98. The highest BCUT2D eigenvalue weighted by Crippen LogP contribution is 2.17. The lowest BCUT2D eigenvalue weighted by Crippen LogP contribution is -2.48. The molecule has 5 nitrogen and oxygen atoms in total. The average molecular weight is 391 g/mol. The quantitative estimate of drug-likeness (QED) is 0.609. The molecule has 1 amide bonds. The molecule has 0 spiro atoms. The number of nitrogens with one attached hydrogen (secondary N) is 1. The van der Waals surface area contributed by atoms with Crippen LogP contribution in [0, 0.1) is 6.92 Å². The summed E-state index contributed by atoms with van der Waals surface area (Å²) in [6.45, 7) is 6.86. The third-order valence-corrected chi connectivity index (χ3v) is 5.63. The van der Waals surface area contributed by atoms with Crippen LogP contribution in [0.15, 0.2) is 41.5 Å². The predicted molar refractivity (Wildman–Crippen MR) is 108 cm³/mol. The number of hydrazone groups is 1. The number of carbonyl (C=O) groups excluding carboxylic acids is 1. The zero-order chi connectivity index (χ0) is 18.4. The molecule has 1 saturated heterocycles. The Kier molecular flexibility index (Phi) is 6.80. The number of piperazine rings is 1. The van der Waals surface area contributed by atoms with Gasteiger partial charge in [0.2, 0.25) is 0 Å². The van der Waals surface area contributed by atoms with E-state index in [1.54, 1.807) is 17.6 Å². The third-order valence-electron chi connectivity index (χ3n) is 4.33. The zero-order valence-corrected chi connectivity index (χ0v) is 16.4. The number of rotatable bonds is 6. The molecule has 0 atom stereocenters. The first-order chi connectivity index (χ1) is 12.6. The van der Waals surface area contributed by atoms with Crippen molar-refractivity contribution < 1.29 is 4.79 Å². The number of thiophene rings is 1. The number of benzene rings is 1. The minimum atomic E-state index is -0.0749. The van der Waals surface area contributed by atoms with Crippen molar-refractivity contribution in [2.75, 3.05) is 32.7 Å². The summed E-state index contributed by atoms with van der Waals surface area (Å²) in [6, 6.07) is 12.0. The van der Waals surface area contributed by atoms with E-state index in [1.165, 1.54) is 4.88 Å². The van der Waals surface area contributed by atoms with Crippen LogP contribution < -0.4 is 5.43 Å². The normalized spacial score (nSPS) is 16.2. The first-order valence-corrected chi connectivity index (χ1v) is 9.86. The van der Waals surface area contributed by atoms with Gasteiger partial charge in [-0.1, -0.05) is 29.8 Å². The van der Waals surface area contributed by atoms with Gasteiger partial charge < -0.3 is 0 Å². The molecule has 1 aromatic heterocycles. The lowest BCUT2D eigenvalue weighted by Gasteiger charge is -2.34. The topological polar surface area (TPSA) is 47.9 Å². The van der Waals surface area contributed by atoms with E-state index < -0.39 is 0 Å². The summed E-state index contributed by atoms with van der Waals surface area (Å²) in [4.78, 5) is 18.8. The molecule has 1 aliphatic heterocycles. The first kappa shape index (κ1) is 19.0. The summed E-state index contributed by atoms with van der Waals surface area (Å²) >= 11 is 7.88. The summed E-state index contributed by atoms with van der Waals surface area (Å²) in [7, 11) is 0. The molecule has 0 aliphatic carbocycles. The van der Waals surface area contributed by atoms with Gasteiger partial charge in [-0.3, -0.25) is 14.6 Å². The molecule has 1 N–H and O–H groups in total. The maximum atomic E-state index is 12.0. The van der Waals surface area contributed by atoms with Gasteiger partial charge in [-0.2, -0.15) is 5.10 Å². The Morgan fingerprint density at radius 2 is 1.92 bits per heavy atom. The molecular weight excluding hydrogens is 368 g/mol. The first-order valence-electron chi connectivity index (χ1n) is 8.66. The summed E-state index contributed by atoms with van der Waals surface area (Å²) in [5, 5.41) is 4.85. The Labute approximate surface area is 163 Å². The third kappa shape index (κ3) is 5.64. The van der Waals surface area contributed by atoms with Gasteiger partial charge in [0.1, 0.15) is 0 Å². The molecule has 1 aliphatic rings. The van der Waals surface area contributed by atoms with E-state index in [1.807, 2.05) is 37.3 Å². The minimum absolute atomic E-state index is 0.0749. The van der Waals surface area contributed by atoms with E-state index in [4.69, 9.17) is 11.6 Å². The van der Waals surface area contributed by atoms with Crippen molar-refractivity contribution in [3.8, 4) is 0 Å². The van der Waals surface area contributed by atoms with Crippen molar-refractivity contribution in [2.45, 2.75) is 13.5 Å². The van der Waals surface area contributed by atoms with Crippen molar-refractivity contribution in [3.63, 3.8) is 0 Å². The van der Waals surface area contributed by atoms with Crippen LogP contribution in [0.3, 0.4) is 0 Å². The van der Waals surface area contributed by atoms with Gasteiger partial charge in [-0.15, -0.1) is 11.3 Å². The van der Waals surface area contributed by atoms with Gasteiger partial charge in [0, 0.05) is 47.5 Å². The largest absolute Gasteiger partial charge is 0.296 e. The fourth-order valence-electron chi connectivity index (χ4n) is 2.90. The molecule has 138 valence electrons. The van der Waals surface area contributed by atoms with E-state index in [9.17, 15) is 4.79 Å². The summed E-state index contributed by atoms with van der Waals surface area (Å²) in [5.74, 6) is -0.0749. The molecule has 1 fully saturated rings. The number of hydrogen-bond acceptors (Lipinski definition) is 5. The van der Waals surface area contributed by atoms with Gasteiger partial charge >= 0.3 is 0 Å². The van der Waals surface area contributed by atoms with Crippen LogP contribution in [-0.2, 0) is 11.3 Å². The van der Waals surface area contributed by atoms with Crippen LogP contribution >= 0.6 is 22.9 Å². The number of carbonyl (C=O) groups is 1. The maximum absolute atomic E-state index is 12.0. The van der Waals surface area contributed by atoms with E-state index in [-0.39, 0.29) is 5.91 Å². The van der Waals surface area contributed by atoms with Gasteiger partial charge in [0.05, 0.1) is 12.8 Å². The number of amides is 1. The molecule has 2 aromatic rings. The molecule has 0 radical (unpaired) electrons. The fourth-order valence-corrected chi connectivity index (χ4v) is 3.85. The summed E-state index contributed by atoms with van der Waals surface area (Å²) in [6.07, 6.45) is 1.69. The van der Waals surface area contributed by atoms with Crippen LogP contribution in [0.25, 0.3) is 0 Å². The average Bonchev–Trinajstić information content (AvgIpc) is 3.04. The van der Waals surface area contributed by atoms with Gasteiger partial charge in [0.25, 0.3) is 5.91 Å². The maximum Gasteiger partial charge on any atom is 0.254 e. The van der Waals surface area contributed by atoms with Crippen LogP contribution in [0.4, 0.5) is 0 Å².